The Hall–Kier alpha value is -4.07. The van der Waals surface area contributed by atoms with Gasteiger partial charge in [-0.2, -0.15) is 0 Å². The van der Waals surface area contributed by atoms with Gasteiger partial charge in [0.25, 0.3) is 0 Å². The summed E-state index contributed by atoms with van der Waals surface area (Å²) in [6.07, 6.45) is 0. The molecule has 0 aliphatic heterocycles. The number of hydrogen-bond donors (Lipinski definition) is 0. The van der Waals surface area contributed by atoms with Crippen LogP contribution in [0.5, 0.6) is 11.5 Å². The summed E-state index contributed by atoms with van der Waals surface area (Å²) in [4.78, 5) is 34.7. The fraction of sp³-hybridized carbons (Fsp3) is 0. The Kier molecular flexibility index (Phi) is 5.40. The summed E-state index contributed by atoms with van der Waals surface area (Å²) >= 11 is 0. The lowest BCUT2D eigenvalue weighted by Gasteiger charge is -2.08. The van der Waals surface area contributed by atoms with Crippen molar-refractivity contribution in [2.45, 2.75) is 0 Å². The fourth-order valence-corrected chi connectivity index (χ4v) is 2.28. The van der Waals surface area contributed by atoms with Crippen molar-refractivity contribution >= 4 is 17.6 Å². The van der Waals surface area contributed by atoms with E-state index in [-0.39, 0.29) is 22.6 Å². The van der Waals surface area contributed by atoms with Crippen LogP contribution in [0.3, 0.4) is 0 Å². The second-order valence-corrected chi connectivity index (χ2v) is 5.54. The molecule has 3 rings (SSSR count). The Morgan fingerprint density at radius 3 is 2.14 bits per heavy atom. The molecule has 0 fully saturated rings. The van der Waals surface area contributed by atoms with Crippen LogP contribution >= 0.6 is 0 Å². The highest BCUT2D eigenvalue weighted by Crippen LogP contribution is 2.32. The monoisotopic (exact) mass is 381 g/mol. The van der Waals surface area contributed by atoms with Crippen molar-refractivity contribution in [1.82, 2.24) is 0 Å². The van der Waals surface area contributed by atoms with Crippen LogP contribution in [0.15, 0.2) is 72.8 Å². The van der Waals surface area contributed by atoms with Crippen LogP contribution < -0.4 is 4.74 Å². The molecular formula is C20H12FNO6. The molecule has 8 heteroatoms. The third-order valence-electron chi connectivity index (χ3n) is 3.63. The lowest BCUT2D eigenvalue weighted by Crippen LogP contribution is -2.13. The molecule has 0 amide bonds. The number of benzene rings is 3. The standard InChI is InChI=1S/C20H12FNO6/c21-15-7-9-16(10-8-15)27-18-11-6-14(12-17(18)22(25)26)20(24)28-19(23)13-4-2-1-3-5-13/h1-12H. The Labute approximate surface area is 158 Å². The van der Waals surface area contributed by atoms with Crippen LogP contribution in [0, 0.1) is 15.9 Å². The maximum Gasteiger partial charge on any atom is 0.346 e. The minimum absolute atomic E-state index is 0.150. The number of halogens is 1. The largest absolute Gasteiger partial charge is 0.450 e. The molecule has 0 heterocycles. The van der Waals surface area contributed by atoms with E-state index in [0.29, 0.717) is 0 Å². The summed E-state index contributed by atoms with van der Waals surface area (Å²) in [7, 11) is 0. The van der Waals surface area contributed by atoms with Gasteiger partial charge >= 0.3 is 17.6 Å². The zero-order valence-corrected chi connectivity index (χ0v) is 14.2. The molecule has 0 atom stereocenters. The maximum absolute atomic E-state index is 13.0. The molecule has 0 spiro atoms. The van der Waals surface area contributed by atoms with Crippen molar-refractivity contribution in [1.29, 1.82) is 0 Å². The van der Waals surface area contributed by atoms with Gasteiger partial charge in [-0.3, -0.25) is 10.1 Å². The summed E-state index contributed by atoms with van der Waals surface area (Å²) < 4.78 is 23.1. The second-order valence-electron chi connectivity index (χ2n) is 5.54. The minimum Gasteiger partial charge on any atom is -0.450 e. The highest BCUT2D eigenvalue weighted by Gasteiger charge is 2.22. The molecule has 0 aromatic heterocycles. The van der Waals surface area contributed by atoms with Crippen LogP contribution in [0.2, 0.25) is 0 Å². The quantitative estimate of drug-likeness (QED) is 0.279. The Morgan fingerprint density at radius 2 is 1.50 bits per heavy atom. The molecule has 140 valence electrons. The van der Waals surface area contributed by atoms with Gasteiger partial charge in [0.15, 0.2) is 0 Å². The van der Waals surface area contributed by atoms with E-state index < -0.39 is 28.4 Å². The van der Waals surface area contributed by atoms with Gasteiger partial charge in [-0.25, -0.2) is 14.0 Å². The molecule has 3 aromatic rings. The van der Waals surface area contributed by atoms with Gasteiger partial charge in [-0.05, 0) is 48.5 Å². The molecule has 0 N–H and O–H groups in total. The van der Waals surface area contributed by atoms with Crippen LogP contribution in [-0.2, 0) is 4.74 Å². The molecule has 0 saturated heterocycles. The summed E-state index contributed by atoms with van der Waals surface area (Å²) in [6, 6.07) is 16.1. The lowest BCUT2D eigenvalue weighted by atomic mass is 10.2. The first-order valence-electron chi connectivity index (χ1n) is 7.97. The summed E-state index contributed by atoms with van der Waals surface area (Å²) in [5.41, 5.74) is -0.532. The average Bonchev–Trinajstić information content (AvgIpc) is 2.70. The number of hydrogen-bond acceptors (Lipinski definition) is 6. The second kappa shape index (κ2) is 8.09. The minimum atomic E-state index is -1.04. The van der Waals surface area contributed by atoms with Crippen LogP contribution in [-0.4, -0.2) is 16.9 Å². The van der Waals surface area contributed by atoms with Crippen LogP contribution in [0.1, 0.15) is 20.7 Å². The Bertz CT molecular complexity index is 1030. The third kappa shape index (κ3) is 4.36. The topological polar surface area (TPSA) is 95.7 Å². The number of rotatable bonds is 5. The van der Waals surface area contributed by atoms with E-state index in [1.165, 1.54) is 36.4 Å². The summed E-state index contributed by atoms with van der Waals surface area (Å²) in [6.45, 7) is 0. The first kappa shape index (κ1) is 18.7. The molecule has 0 saturated carbocycles. The fourth-order valence-electron chi connectivity index (χ4n) is 2.28. The zero-order chi connectivity index (χ0) is 20.1. The predicted octanol–water partition coefficient (Wildman–Crippen LogP) is 4.52. The molecule has 0 aliphatic carbocycles. The van der Waals surface area contributed by atoms with Gasteiger partial charge in [0.2, 0.25) is 5.75 Å². The van der Waals surface area contributed by atoms with Crippen molar-refractivity contribution in [2.75, 3.05) is 0 Å². The van der Waals surface area contributed by atoms with Crippen molar-refractivity contribution < 1.29 is 28.4 Å². The highest BCUT2D eigenvalue weighted by molar-refractivity contribution is 6.02. The van der Waals surface area contributed by atoms with E-state index in [2.05, 4.69) is 0 Å². The van der Waals surface area contributed by atoms with Gasteiger partial charge in [-0.1, -0.05) is 18.2 Å². The number of esters is 2. The van der Waals surface area contributed by atoms with E-state index in [1.54, 1.807) is 18.2 Å². The predicted molar refractivity (Wildman–Crippen MR) is 95.8 cm³/mol. The lowest BCUT2D eigenvalue weighted by molar-refractivity contribution is -0.385. The first-order chi connectivity index (χ1) is 13.4. The van der Waals surface area contributed by atoms with E-state index in [4.69, 9.17) is 9.47 Å². The molecule has 3 aromatic carbocycles. The van der Waals surface area contributed by atoms with Crippen molar-refractivity contribution in [3.8, 4) is 11.5 Å². The van der Waals surface area contributed by atoms with Gasteiger partial charge in [0.05, 0.1) is 16.1 Å². The van der Waals surface area contributed by atoms with E-state index in [9.17, 15) is 24.1 Å². The van der Waals surface area contributed by atoms with Crippen molar-refractivity contribution in [2.24, 2.45) is 0 Å². The Balaban J connectivity index is 1.81. The van der Waals surface area contributed by atoms with Crippen molar-refractivity contribution in [3.63, 3.8) is 0 Å². The van der Waals surface area contributed by atoms with Crippen LogP contribution in [0.25, 0.3) is 0 Å². The number of nitrogens with zero attached hydrogens (tertiary/aromatic N) is 1. The smallest absolute Gasteiger partial charge is 0.346 e. The van der Waals surface area contributed by atoms with E-state index in [1.807, 2.05) is 0 Å². The van der Waals surface area contributed by atoms with Gasteiger partial charge < -0.3 is 9.47 Å². The molecular weight excluding hydrogens is 369 g/mol. The third-order valence-corrected chi connectivity index (χ3v) is 3.63. The summed E-state index contributed by atoms with van der Waals surface area (Å²) in [5, 5.41) is 11.3. The molecule has 28 heavy (non-hydrogen) atoms. The number of carbonyl (C=O) groups is 2. The normalized spacial score (nSPS) is 10.2. The molecule has 0 aliphatic rings. The van der Waals surface area contributed by atoms with Gasteiger partial charge in [0, 0.05) is 6.07 Å². The van der Waals surface area contributed by atoms with E-state index in [0.717, 1.165) is 18.2 Å². The molecule has 7 nitrogen and oxygen atoms in total. The highest BCUT2D eigenvalue weighted by atomic mass is 19.1. The van der Waals surface area contributed by atoms with E-state index >= 15 is 0 Å². The number of nitro groups is 1. The van der Waals surface area contributed by atoms with Gasteiger partial charge in [0.1, 0.15) is 11.6 Å². The van der Waals surface area contributed by atoms with Gasteiger partial charge in [-0.15, -0.1) is 0 Å². The van der Waals surface area contributed by atoms with Crippen LogP contribution in [0.4, 0.5) is 10.1 Å². The molecule has 0 bridgehead atoms. The number of ether oxygens (including phenoxy) is 2. The summed E-state index contributed by atoms with van der Waals surface area (Å²) in [5.74, 6) is -2.37. The average molecular weight is 381 g/mol. The maximum atomic E-state index is 13.0. The zero-order valence-electron chi connectivity index (χ0n) is 14.2. The molecule has 0 radical (unpaired) electrons. The Morgan fingerprint density at radius 1 is 0.857 bits per heavy atom. The number of carbonyl (C=O) groups excluding carboxylic acids is 2. The molecule has 0 unspecified atom stereocenters. The first-order valence-corrected chi connectivity index (χ1v) is 7.97. The SMILES string of the molecule is O=C(OC(=O)c1ccc(Oc2ccc(F)cc2)c([N+](=O)[O-])c1)c1ccccc1. The van der Waals surface area contributed by atoms with Crippen molar-refractivity contribution in [3.05, 3.63) is 99.9 Å². The number of nitro benzene ring substituents is 1.